The zero-order valence-corrected chi connectivity index (χ0v) is 5.89. The third-order valence-corrected chi connectivity index (χ3v) is 1.10. The molecule has 1 unspecified atom stereocenters. The van der Waals surface area contributed by atoms with Gasteiger partial charge in [0.05, 0.1) is 6.10 Å². The Labute approximate surface area is 46.1 Å². The molecule has 0 aliphatic rings. The second-order valence-corrected chi connectivity index (χ2v) is 2.26. The van der Waals surface area contributed by atoms with E-state index in [1.807, 2.05) is 13.8 Å². The summed E-state index contributed by atoms with van der Waals surface area (Å²) in [6, 6.07) is 0. The summed E-state index contributed by atoms with van der Waals surface area (Å²) in [6.07, 6.45) is 0.290. The van der Waals surface area contributed by atoms with Crippen molar-refractivity contribution in [3.63, 3.8) is 0 Å². The fourth-order valence-electron chi connectivity index (χ4n) is 0.144. The summed E-state index contributed by atoms with van der Waals surface area (Å²) in [5, 5.41) is 0. The highest BCUT2D eigenvalue weighted by Crippen LogP contribution is 2.13. The maximum atomic E-state index is 5.00. The highest BCUT2D eigenvalue weighted by atomic mass is 31.1. The molecule has 2 nitrogen and oxygen atoms in total. The van der Waals surface area contributed by atoms with Gasteiger partial charge in [0, 0.05) is 7.11 Å². The van der Waals surface area contributed by atoms with Crippen molar-refractivity contribution >= 4 is 9.03 Å². The molecular formula is C4H11O2P. The molecule has 44 valence electrons. The van der Waals surface area contributed by atoms with Gasteiger partial charge in [0.2, 0.25) is 0 Å². The molecule has 0 heterocycles. The van der Waals surface area contributed by atoms with Crippen molar-refractivity contribution in [1.82, 2.24) is 0 Å². The summed E-state index contributed by atoms with van der Waals surface area (Å²) in [6.45, 7) is 3.96. The highest BCUT2D eigenvalue weighted by Gasteiger charge is 1.87. The maximum Gasteiger partial charge on any atom is 0.155 e. The van der Waals surface area contributed by atoms with E-state index in [1.54, 1.807) is 7.11 Å². The van der Waals surface area contributed by atoms with Crippen LogP contribution in [0, 0.1) is 0 Å². The molecule has 0 aromatic rings. The van der Waals surface area contributed by atoms with Crippen LogP contribution in [0.2, 0.25) is 0 Å². The second kappa shape index (κ2) is 4.51. The SMILES string of the molecule is COPOC(C)C. The van der Waals surface area contributed by atoms with Crippen LogP contribution in [-0.4, -0.2) is 13.2 Å². The Hall–Kier alpha value is 0.350. The molecule has 0 radical (unpaired) electrons. The van der Waals surface area contributed by atoms with Crippen LogP contribution in [0.25, 0.3) is 0 Å². The molecular weight excluding hydrogens is 111 g/mol. The van der Waals surface area contributed by atoms with E-state index in [4.69, 9.17) is 4.52 Å². The standard InChI is InChI=1S/C4H11O2P/c1-4(2)6-7-5-3/h4,7H,1-3H3. The van der Waals surface area contributed by atoms with E-state index >= 15 is 0 Å². The first-order valence-corrected chi connectivity index (χ1v) is 3.02. The Bertz CT molecular complexity index is 38.7. The van der Waals surface area contributed by atoms with Crippen molar-refractivity contribution < 1.29 is 9.05 Å². The summed E-state index contributed by atoms with van der Waals surface area (Å²) in [7, 11) is 1.82. The predicted molar refractivity (Wildman–Crippen MR) is 31.5 cm³/mol. The first kappa shape index (κ1) is 7.35. The van der Waals surface area contributed by atoms with Crippen LogP contribution in [0.5, 0.6) is 0 Å². The Balaban J connectivity index is 2.68. The van der Waals surface area contributed by atoms with Gasteiger partial charge in [-0.05, 0) is 13.8 Å². The van der Waals surface area contributed by atoms with Crippen LogP contribution < -0.4 is 0 Å². The van der Waals surface area contributed by atoms with Crippen LogP contribution in [0.1, 0.15) is 13.8 Å². The molecule has 0 N–H and O–H groups in total. The van der Waals surface area contributed by atoms with Crippen molar-refractivity contribution in [3.8, 4) is 0 Å². The maximum absolute atomic E-state index is 5.00. The fraction of sp³-hybridized carbons (Fsp3) is 1.00. The van der Waals surface area contributed by atoms with Crippen molar-refractivity contribution in [2.75, 3.05) is 7.11 Å². The monoisotopic (exact) mass is 122 g/mol. The molecule has 3 heteroatoms. The van der Waals surface area contributed by atoms with Crippen molar-refractivity contribution in [2.24, 2.45) is 0 Å². The minimum atomic E-state index is 0.195. The van der Waals surface area contributed by atoms with E-state index in [-0.39, 0.29) is 9.03 Å². The van der Waals surface area contributed by atoms with Gasteiger partial charge < -0.3 is 9.05 Å². The number of hydrogen-bond donors (Lipinski definition) is 0. The van der Waals surface area contributed by atoms with Gasteiger partial charge in [-0.25, -0.2) is 0 Å². The molecule has 0 fully saturated rings. The van der Waals surface area contributed by atoms with E-state index < -0.39 is 0 Å². The lowest BCUT2D eigenvalue weighted by Gasteiger charge is -2.02. The van der Waals surface area contributed by atoms with Crippen molar-refractivity contribution in [1.29, 1.82) is 0 Å². The quantitative estimate of drug-likeness (QED) is 0.529. The van der Waals surface area contributed by atoms with Crippen LogP contribution in [-0.2, 0) is 9.05 Å². The molecule has 0 bridgehead atoms. The van der Waals surface area contributed by atoms with Gasteiger partial charge in [-0.1, -0.05) is 0 Å². The van der Waals surface area contributed by atoms with Gasteiger partial charge in [0.1, 0.15) is 0 Å². The lowest BCUT2D eigenvalue weighted by molar-refractivity contribution is 0.240. The Morgan fingerprint density at radius 3 is 2.14 bits per heavy atom. The van der Waals surface area contributed by atoms with Crippen molar-refractivity contribution in [3.05, 3.63) is 0 Å². The van der Waals surface area contributed by atoms with E-state index in [0.717, 1.165) is 0 Å². The average Bonchev–Trinajstić information content (AvgIpc) is 1.61. The minimum Gasteiger partial charge on any atom is -0.340 e. The Morgan fingerprint density at radius 1 is 1.43 bits per heavy atom. The van der Waals surface area contributed by atoms with Gasteiger partial charge in [0.25, 0.3) is 0 Å². The molecule has 1 atom stereocenters. The molecule has 0 aromatic heterocycles. The minimum absolute atomic E-state index is 0.195. The third-order valence-electron chi connectivity index (χ3n) is 0.367. The van der Waals surface area contributed by atoms with Crippen LogP contribution in [0.3, 0.4) is 0 Å². The van der Waals surface area contributed by atoms with Gasteiger partial charge in [-0.2, -0.15) is 0 Å². The molecule has 0 aromatic carbocycles. The Kier molecular flexibility index (Phi) is 4.73. The van der Waals surface area contributed by atoms with Gasteiger partial charge in [-0.15, -0.1) is 0 Å². The summed E-state index contributed by atoms with van der Waals surface area (Å²) < 4.78 is 9.65. The highest BCUT2D eigenvalue weighted by molar-refractivity contribution is 7.26. The van der Waals surface area contributed by atoms with E-state index in [9.17, 15) is 0 Å². The third kappa shape index (κ3) is 6.35. The van der Waals surface area contributed by atoms with Crippen LogP contribution in [0.15, 0.2) is 0 Å². The molecule has 7 heavy (non-hydrogen) atoms. The van der Waals surface area contributed by atoms with Gasteiger partial charge in [0.15, 0.2) is 9.03 Å². The van der Waals surface area contributed by atoms with E-state index in [2.05, 4.69) is 4.52 Å². The summed E-state index contributed by atoms with van der Waals surface area (Å²) >= 11 is 0. The largest absolute Gasteiger partial charge is 0.340 e. The normalized spacial score (nSPS) is 12.0. The molecule has 0 aliphatic carbocycles. The molecule has 0 rings (SSSR count). The lowest BCUT2D eigenvalue weighted by Crippen LogP contribution is -1.92. The predicted octanol–water partition coefficient (Wildman–Crippen LogP) is 1.57. The topological polar surface area (TPSA) is 18.5 Å². The van der Waals surface area contributed by atoms with Crippen LogP contribution in [0.4, 0.5) is 0 Å². The zero-order chi connectivity index (χ0) is 5.70. The van der Waals surface area contributed by atoms with E-state index in [0.29, 0.717) is 6.10 Å². The number of rotatable bonds is 3. The zero-order valence-electron chi connectivity index (χ0n) is 4.89. The number of hydrogen-bond acceptors (Lipinski definition) is 2. The molecule has 0 spiro atoms. The van der Waals surface area contributed by atoms with Gasteiger partial charge >= 0.3 is 0 Å². The fourth-order valence-corrected chi connectivity index (χ4v) is 0.433. The molecule has 0 saturated carbocycles. The molecule has 0 saturated heterocycles. The second-order valence-electron chi connectivity index (χ2n) is 1.45. The first-order valence-electron chi connectivity index (χ1n) is 2.21. The summed E-state index contributed by atoms with van der Waals surface area (Å²) in [5.74, 6) is 0. The van der Waals surface area contributed by atoms with Crippen LogP contribution >= 0.6 is 9.03 Å². The van der Waals surface area contributed by atoms with E-state index in [1.165, 1.54) is 0 Å². The summed E-state index contributed by atoms with van der Waals surface area (Å²) in [4.78, 5) is 0. The van der Waals surface area contributed by atoms with Gasteiger partial charge in [-0.3, -0.25) is 0 Å². The smallest absolute Gasteiger partial charge is 0.155 e. The first-order chi connectivity index (χ1) is 3.27. The lowest BCUT2D eigenvalue weighted by atomic mass is 10.5. The van der Waals surface area contributed by atoms with Crippen molar-refractivity contribution in [2.45, 2.75) is 20.0 Å². The molecule has 0 amide bonds. The summed E-state index contributed by atoms with van der Waals surface area (Å²) in [5.41, 5.74) is 0. The Morgan fingerprint density at radius 2 is 2.00 bits per heavy atom. The molecule has 0 aliphatic heterocycles. The average molecular weight is 122 g/mol.